The van der Waals surface area contributed by atoms with Crippen molar-refractivity contribution in [3.05, 3.63) is 77.6 Å². The van der Waals surface area contributed by atoms with Crippen LogP contribution in [0.2, 0.25) is 15.1 Å². The third-order valence-corrected chi connectivity index (χ3v) is 11.3. The van der Waals surface area contributed by atoms with Gasteiger partial charge in [0.2, 0.25) is 5.91 Å². The number of halogens is 3. The van der Waals surface area contributed by atoms with E-state index in [0.29, 0.717) is 43.8 Å². The lowest BCUT2D eigenvalue weighted by molar-refractivity contribution is -0.116. The van der Waals surface area contributed by atoms with Crippen LogP contribution in [0.3, 0.4) is 0 Å². The van der Waals surface area contributed by atoms with E-state index in [-0.39, 0.29) is 23.2 Å². The summed E-state index contributed by atoms with van der Waals surface area (Å²) in [5, 5.41) is 5.92. The van der Waals surface area contributed by atoms with Gasteiger partial charge in [-0.1, -0.05) is 58.3 Å². The van der Waals surface area contributed by atoms with Gasteiger partial charge in [0.1, 0.15) is 6.54 Å². The molecule has 2 bridgehead atoms. The van der Waals surface area contributed by atoms with E-state index >= 15 is 0 Å². The topological polar surface area (TPSA) is 51.1 Å². The van der Waals surface area contributed by atoms with E-state index in [0.717, 1.165) is 15.5 Å². The molecule has 3 aliphatic rings. The van der Waals surface area contributed by atoms with Gasteiger partial charge < -0.3 is 5.32 Å². The van der Waals surface area contributed by atoms with Gasteiger partial charge >= 0.3 is 4.87 Å². The number of thiazole rings is 1. The van der Waals surface area contributed by atoms with Gasteiger partial charge in [-0.2, -0.15) is 0 Å². The second-order valence-corrected chi connectivity index (χ2v) is 12.7. The highest BCUT2D eigenvalue weighted by Crippen LogP contribution is 2.64. The smallest absolute Gasteiger partial charge is 0.308 e. The average molecular weight is 552 g/mol. The number of carbonyl (C=O) groups excluding carboxylic acids is 1. The van der Waals surface area contributed by atoms with E-state index in [1.807, 2.05) is 12.1 Å². The molecule has 1 aromatic heterocycles. The monoisotopic (exact) mass is 550 g/mol. The van der Waals surface area contributed by atoms with Gasteiger partial charge in [0.25, 0.3) is 0 Å². The summed E-state index contributed by atoms with van der Waals surface area (Å²) in [4.78, 5) is 26.9. The van der Waals surface area contributed by atoms with Gasteiger partial charge in [-0.15, -0.1) is 11.8 Å². The summed E-state index contributed by atoms with van der Waals surface area (Å²) >= 11 is 22.1. The Hall–Kier alpha value is -1.44. The summed E-state index contributed by atoms with van der Waals surface area (Å²) in [7, 11) is 0. The number of hydrogen-bond donors (Lipinski definition) is 1. The molecule has 2 aliphatic carbocycles. The van der Waals surface area contributed by atoms with Gasteiger partial charge in [-0.05, 0) is 72.9 Å². The maximum Gasteiger partial charge on any atom is 0.308 e. The molecule has 9 heteroatoms. The summed E-state index contributed by atoms with van der Waals surface area (Å²) in [6.45, 7) is -0.0260. The van der Waals surface area contributed by atoms with E-state index in [4.69, 9.17) is 34.8 Å². The Balaban J connectivity index is 1.39. The highest BCUT2D eigenvalue weighted by molar-refractivity contribution is 8.00. The standard InChI is InChI=1S/C25H21Cl3N2O2S2/c26-14-6-8-15(9-7-14)29-18(31)11-30-24-23(34-25(30)32)20(16-2-1-3-17(27)21(16)28)19-12-4-5-13(10-12)22(19)33-24/h1-3,6-9,12-13,19-20,22H,4-5,10-11H2,(H,29,31). The van der Waals surface area contributed by atoms with Crippen molar-refractivity contribution in [2.75, 3.05) is 5.32 Å². The molecule has 0 spiro atoms. The molecule has 34 heavy (non-hydrogen) atoms. The lowest BCUT2D eigenvalue weighted by atomic mass is 9.75. The van der Waals surface area contributed by atoms with Gasteiger partial charge in [0.05, 0.1) is 15.1 Å². The lowest BCUT2D eigenvalue weighted by Crippen LogP contribution is -2.35. The number of anilines is 1. The molecule has 0 saturated heterocycles. The Morgan fingerprint density at radius 3 is 2.62 bits per heavy atom. The third kappa shape index (κ3) is 3.82. The molecule has 2 aromatic carbocycles. The minimum absolute atomic E-state index is 0.0260. The van der Waals surface area contributed by atoms with Crippen molar-refractivity contribution < 1.29 is 4.79 Å². The maximum absolute atomic E-state index is 13.2. The van der Waals surface area contributed by atoms with Crippen LogP contribution in [-0.4, -0.2) is 15.7 Å². The van der Waals surface area contributed by atoms with Crippen LogP contribution in [0.15, 0.2) is 52.3 Å². The first-order chi connectivity index (χ1) is 16.4. The number of amides is 1. The number of thioether (sulfide) groups is 1. The number of benzene rings is 2. The minimum atomic E-state index is -0.238. The highest BCUT2D eigenvalue weighted by Gasteiger charge is 2.55. The third-order valence-electron chi connectivity index (χ3n) is 7.44. The van der Waals surface area contributed by atoms with Crippen molar-refractivity contribution in [3.8, 4) is 0 Å². The van der Waals surface area contributed by atoms with Crippen molar-refractivity contribution in [2.45, 2.75) is 42.0 Å². The Kier molecular flexibility index (Phi) is 6.01. The van der Waals surface area contributed by atoms with Crippen LogP contribution < -0.4 is 10.2 Å². The molecule has 1 N–H and O–H groups in total. The molecule has 5 unspecified atom stereocenters. The largest absolute Gasteiger partial charge is 0.325 e. The molecule has 176 valence electrons. The number of aromatic nitrogens is 1. The minimum Gasteiger partial charge on any atom is -0.325 e. The predicted molar refractivity (Wildman–Crippen MR) is 141 cm³/mol. The number of nitrogens with zero attached hydrogens (tertiary/aromatic N) is 1. The number of nitrogens with one attached hydrogen (secondary N) is 1. The molecule has 5 atom stereocenters. The van der Waals surface area contributed by atoms with Gasteiger partial charge in [0.15, 0.2) is 0 Å². The van der Waals surface area contributed by atoms with Gasteiger partial charge in [-0.25, -0.2) is 0 Å². The van der Waals surface area contributed by atoms with E-state index in [1.165, 1.54) is 30.6 Å². The van der Waals surface area contributed by atoms with E-state index < -0.39 is 0 Å². The molecular weight excluding hydrogens is 531 g/mol. The first-order valence-corrected chi connectivity index (χ1v) is 14.1. The number of fused-ring (bicyclic) bond motifs is 6. The summed E-state index contributed by atoms with van der Waals surface area (Å²) in [5.41, 5.74) is 1.65. The van der Waals surface area contributed by atoms with Crippen LogP contribution in [0.25, 0.3) is 0 Å². The van der Waals surface area contributed by atoms with E-state index in [2.05, 4.69) is 5.32 Å². The fourth-order valence-electron chi connectivity index (χ4n) is 6.07. The van der Waals surface area contributed by atoms with Crippen molar-refractivity contribution >= 4 is 69.5 Å². The molecule has 3 aromatic rings. The zero-order valence-corrected chi connectivity index (χ0v) is 21.9. The van der Waals surface area contributed by atoms with Crippen molar-refractivity contribution in [1.82, 2.24) is 4.57 Å². The second-order valence-electron chi connectivity index (χ2n) is 9.29. The zero-order chi connectivity index (χ0) is 23.6. The van der Waals surface area contributed by atoms with Crippen LogP contribution in [0, 0.1) is 17.8 Å². The fraction of sp³-hybridized carbons (Fsp3) is 0.360. The Labute approximate surface area is 220 Å². The SMILES string of the molecule is O=C(Cn1c2c(sc1=O)C(c1cccc(Cl)c1Cl)C1C3CCC(C3)C1S2)Nc1ccc(Cl)cc1. The average Bonchev–Trinajstić information content (AvgIpc) is 3.51. The summed E-state index contributed by atoms with van der Waals surface area (Å²) in [6.07, 6.45) is 3.69. The van der Waals surface area contributed by atoms with E-state index in [1.54, 1.807) is 46.7 Å². The van der Waals surface area contributed by atoms with Crippen molar-refractivity contribution in [3.63, 3.8) is 0 Å². The molecule has 0 radical (unpaired) electrons. The quantitative estimate of drug-likeness (QED) is 0.374. The van der Waals surface area contributed by atoms with Crippen LogP contribution >= 0.6 is 57.9 Å². The molecule has 1 amide bonds. The Morgan fingerprint density at radius 1 is 1.06 bits per heavy atom. The summed E-state index contributed by atoms with van der Waals surface area (Å²) in [6, 6.07) is 12.7. The molecule has 2 heterocycles. The van der Waals surface area contributed by atoms with Gasteiger partial charge in [0, 0.05) is 26.8 Å². The zero-order valence-electron chi connectivity index (χ0n) is 18.0. The van der Waals surface area contributed by atoms with Gasteiger partial charge in [-0.3, -0.25) is 14.2 Å². The number of carbonyl (C=O) groups is 1. The Morgan fingerprint density at radius 2 is 1.82 bits per heavy atom. The van der Waals surface area contributed by atoms with Crippen LogP contribution in [0.5, 0.6) is 0 Å². The Bertz CT molecular complexity index is 1340. The van der Waals surface area contributed by atoms with Crippen molar-refractivity contribution in [2.24, 2.45) is 17.8 Å². The maximum atomic E-state index is 13.2. The van der Waals surface area contributed by atoms with Crippen molar-refractivity contribution in [1.29, 1.82) is 0 Å². The summed E-state index contributed by atoms with van der Waals surface area (Å²) < 4.78 is 1.64. The molecule has 4 nitrogen and oxygen atoms in total. The van der Waals surface area contributed by atoms with Crippen LogP contribution in [-0.2, 0) is 11.3 Å². The highest BCUT2D eigenvalue weighted by atomic mass is 35.5. The summed E-state index contributed by atoms with van der Waals surface area (Å²) in [5.74, 6) is 1.50. The first-order valence-electron chi connectivity index (χ1n) is 11.3. The number of hydrogen-bond acceptors (Lipinski definition) is 4. The van der Waals surface area contributed by atoms with Crippen LogP contribution in [0.1, 0.15) is 35.6 Å². The van der Waals surface area contributed by atoms with Crippen LogP contribution in [0.4, 0.5) is 5.69 Å². The number of rotatable bonds is 4. The van der Waals surface area contributed by atoms with E-state index in [9.17, 15) is 9.59 Å². The fourth-order valence-corrected chi connectivity index (χ4v) is 9.77. The normalized spacial score (nSPS) is 26.9. The first kappa shape index (κ1) is 23.0. The lowest BCUT2D eigenvalue weighted by Gasteiger charge is -2.40. The molecule has 6 rings (SSSR count). The second kappa shape index (κ2) is 8.90. The predicted octanol–water partition coefficient (Wildman–Crippen LogP) is 7.16. The molecular formula is C25H21Cl3N2O2S2. The molecule has 2 fully saturated rings. The molecule has 1 aliphatic heterocycles. The molecule has 2 saturated carbocycles.